The Morgan fingerprint density at radius 3 is 2.67 bits per heavy atom. The van der Waals surface area contributed by atoms with Gasteiger partial charge >= 0.3 is 12.1 Å². The van der Waals surface area contributed by atoms with Gasteiger partial charge in [0.15, 0.2) is 5.82 Å². The molecule has 1 aromatic rings. The SMILES string of the molecule is CC1CC(N)(c2noc(C(F)(F)F)n2)CCN1C. The summed E-state index contributed by atoms with van der Waals surface area (Å²) >= 11 is 0. The van der Waals surface area contributed by atoms with Gasteiger partial charge in [0, 0.05) is 12.6 Å². The van der Waals surface area contributed by atoms with E-state index in [0.29, 0.717) is 19.4 Å². The van der Waals surface area contributed by atoms with Crippen molar-refractivity contribution in [2.75, 3.05) is 13.6 Å². The van der Waals surface area contributed by atoms with Gasteiger partial charge in [-0.25, -0.2) is 0 Å². The van der Waals surface area contributed by atoms with Crippen LogP contribution in [0.3, 0.4) is 0 Å². The molecule has 1 aliphatic rings. The van der Waals surface area contributed by atoms with Crippen LogP contribution in [0.2, 0.25) is 0 Å². The molecular formula is C10H15F3N4O. The van der Waals surface area contributed by atoms with Crippen LogP contribution in [0.5, 0.6) is 0 Å². The first kappa shape index (κ1) is 13.3. The van der Waals surface area contributed by atoms with Crippen molar-refractivity contribution < 1.29 is 17.7 Å². The molecule has 2 rings (SSSR count). The van der Waals surface area contributed by atoms with Crippen molar-refractivity contribution in [3.63, 3.8) is 0 Å². The summed E-state index contributed by atoms with van der Waals surface area (Å²) in [4.78, 5) is 5.48. The normalized spacial score (nSPS) is 30.7. The fraction of sp³-hybridized carbons (Fsp3) is 0.800. The molecule has 0 bridgehead atoms. The lowest BCUT2D eigenvalue weighted by atomic mass is 9.84. The third-order valence-corrected chi connectivity index (χ3v) is 3.44. The van der Waals surface area contributed by atoms with Crippen molar-refractivity contribution in [3.8, 4) is 0 Å². The Kier molecular flexibility index (Phi) is 3.10. The summed E-state index contributed by atoms with van der Waals surface area (Å²) in [6, 6.07) is 0.164. The molecule has 102 valence electrons. The molecule has 2 unspecified atom stereocenters. The molecule has 0 radical (unpaired) electrons. The number of nitrogens with zero attached hydrogens (tertiary/aromatic N) is 3. The molecule has 2 heterocycles. The lowest BCUT2D eigenvalue weighted by molar-refractivity contribution is -0.159. The number of alkyl halides is 3. The van der Waals surface area contributed by atoms with Gasteiger partial charge in [0.05, 0.1) is 5.54 Å². The van der Waals surface area contributed by atoms with E-state index in [1.807, 2.05) is 14.0 Å². The molecule has 2 atom stereocenters. The molecule has 0 amide bonds. The lowest BCUT2D eigenvalue weighted by Crippen LogP contribution is -2.51. The number of piperidine rings is 1. The van der Waals surface area contributed by atoms with Gasteiger partial charge in [0.2, 0.25) is 0 Å². The maximum Gasteiger partial charge on any atom is 0.471 e. The van der Waals surface area contributed by atoms with Gasteiger partial charge in [-0.05, 0) is 26.8 Å². The van der Waals surface area contributed by atoms with Crippen molar-refractivity contribution in [1.82, 2.24) is 15.0 Å². The Labute approximate surface area is 102 Å². The van der Waals surface area contributed by atoms with E-state index in [1.165, 1.54) is 0 Å². The second kappa shape index (κ2) is 4.20. The monoisotopic (exact) mass is 264 g/mol. The van der Waals surface area contributed by atoms with Crippen molar-refractivity contribution >= 4 is 0 Å². The minimum Gasteiger partial charge on any atom is -0.329 e. The average Bonchev–Trinajstić information content (AvgIpc) is 2.73. The highest BCUT2D eigenvalue weighted by atomic mass is 19.4. The quantitative estimate of drug-likeness (QED) is 0.829. The Balaban J connectivity index is 2.23. The molecule has 1 fully saturated rings. The van der Waals surface area contributed by atoms with E-state index < -0.39 is 17.6 Å². The van der Waals surface area contributed by atoms with Crippen molar-refractivity contribution in [3.05, 3.63) is 11.7 Å². The minimum absolute atomic E-state index is 0.0604. The van der Waals surface area contributed by atoms with E-state index >= 15 is 0 Å². The van der Waals surface area contributed by atoms with Crippen LogP contribution in [-0.4, -0.2) is 34.7 Å². The van der Waals surface area contributed by atoms with Crippen LogP contribution >= 0.6 is 0 Å². The first-order valence-corrected chi connectivity index (χ1v) is 5.63. The van der Waals surface area contributed by atoms with Crippen LogP contribution in [0.1, 0.15) is 31.5 Å². The van der Waals surface area contributed by atoms with Gasteiger partial charge in [0.25, 0.3) is 0 Å². The van der Waals surface area contributed by atoms with E-state index in [-0.39, 0.29) is 11.9 Å². The van der Waals surface area contributed by atoms with Gasteiger partial charge in [-0.1, -0.05) is 5.16 Å². The molecular weight excluding hydrogens is 249 g/mol. The number of hydrogen-bond acceptors (Lipinski definition) is 5. The predicted octanol–water partition coefficient (Wildman–Crippen LogP) is 1.36. The first-order chi connectivity index (χ1) is 8.22. The van der Waals surface area contributed by atoms with Gasteiger partial charge in [-0.15, -0.1) is 0 Å². The number of halogens is 3. The van der Waals surface area contributed by atoms with Crippen LogP contribution in [0.25, 0.3) is 0 Å². The molecule has 0 saturated carbocycles. The highest BCUT2D eigenvalue weighted by Crippen LogP contribution is 2.34. The van der Waals surface area contributed by atoms with Crippen LogP contribution in [0, 0.1) is 0 Å². The summed E-state index contributed by atoms with van der Waals surface area (Å²) in [7, 11) is 1.95. The number of aromatic nitrogens is 2. The van der Waals surface area contributed by atoms with Crippen molar-refractivity contribution in [2.45, 2.75) is 37.5 Å². The Morgan fingerprint density at radius 2 is 2.17 bits per heavy atom. The first-order valence-electron chi connectivity index (χ1n) is 5.63. The lowest BCUT2D eigenvalue weighted by Gasteiger charge is -2.40. The molecule has 5 nitrogen and oxygen atoms in total. The van der Waals surface area contributed by atoms with E-state index in [2.05, 4.69) is 19.6 Å². The highest BCUT2D eigenvalue weighted by molar-refractivity contribution is 5.08. The zero-order valence-corrected chi connectivity index (χ0v) is 10.2. The molecule has 1 aliphatic heterocycles. The maximum absolute atomic E-state index is 12.4. The van der Waals surface area contributed by atoms with Gasteiger partial charge in [0.1, 0.15) is 0 Å². The third-order valence-electron chi connectivity index (χ3n) is 3.44. The number of hydrogen-bond donors (Lipinski definition) is 1. The third kappa shape index (κ3) is 2.35. The van der Waals surface area contributed by atoms with Gasteiger partial charge in [-0.3, -0.25) is 0 Å². The molecule has 8 heteroatoms. The molecule has 0 spiro atoms. The van der Waals surface area contributed by atoms with Crippen LogP contribution in [0.15, 0.2) is 4.52 Å². The van der Waals surface area contributed by atoms with E-state index in [1.54, 1.807) is 0 Å². The van der Waals surface area contributed by atoms with Crippen LogP contribution in [-0.2, 0) is 11.7 Å². The number of rotatable bonds is 1. The van der Waals surface area contributed by atoms with Gasteiger partial charge in [-0.2, -0.15) is 18.2 Å². The highest BCUT2D eigenvalue weighted by Gasteiger charge is 2.43. The summed E-state index contributed by atoms with van der Waals surface area (Å²) in [6.07, 6.45) is -3.62. The molecule has 0 aliphatic carbocycles. The van der Waals surface area contributed by atoms with E-state index in [4.69, 9.17) is 5.73 Å². The standard InChI is InChI=1S/C10H15F3N4O/c1-6-5-9(14,3-4-17(6)2)7-15-8(18-16-7)10(11,12)13/h6H,3-5,14H2,1-2H3. The van der Waals surface area contributed by atoms with Crippen molar-refractivity contribution in [1.29, 1.82) is 0 Å². The van der Waals surface area contributed by atoms with Gasteiger partial charge < -0.3 is 15.2 Å². The largest absolute Gasteiger partial charge is 0.471 e. The predicted molar refractivity (Wildman–Crippen MR) is 56.5 cm³/mol. The zero-order valence-electron chi connectivity index (χ0n) is 10.2. The second-order valence-corrected chi connectivity index (χ2v) is 4.86. The maximum atomic E-state index is 12.4. The summed E-state index contributed by atoms with van der Waals surface area (Å²) in [5, 5.41) is 3.39. The molecule has 2 N–H and O–H groups in total. The van der Waals surface area contributed by atoms with E-state index in [9.17, 15) is 13.2 Å². The zero-order chi connectivity index (χ0) is 13.6. The molecule has 1 aromatic heterocycles. The fourth-order valence-electron chi connectivity index (χ4n) is 2.13. The fourth-order valence-corrected chi connectivity index (χ4v) is 2.13. The summed E-state index contributed by atoms with van der Waals surface area (Å²) in [5.74, 6) is -1.40. The number of nitrogens with two attached hydrogens (primary N) is 1. The topological polar surface area (TPSA) is 68.2 Å². The Bertz CT molecular complexity index is 433. The van der Waals surface area contributed by atoms with Crippen LogP contribution < -0.4 is 5.73 Å². The Morgan fingerprint density at radius 1 is 1.50 bits per heavy atom. The summed E-state index contributed by atoms with van der Waals surface area (Å²) in [5.41, 5.74) is 5.17. The summed E-state index contributed by atoms with van der Waals surface area (Å²) in [6.45, 7) is 2.65. The molecule has 1 saturated heterocycles. The second-order valence-electron chi connectivity index (χ2n) is 4.86. The van der Waals surface area contributed by atoms with Crippen LogP contribution in [0.4, 0.5) is 13.2 Å². The number of likely N-dealkylation sites (tertiary alicyclic amines) is 1. The average molecular weight is 264 g/mol. The minimum atomic E-state index is -4.63. The smallest absolute Gasteiger partial charge is 0.329 e. The Hall–Kier alpha value is -1.15. The van der Waals surface area contributed by atoms with E-state index in [0.717, 1.165) is 0 Å². The summed E-state index contributed by atoms with van der Waals surface area (Å²) < 4.78 is 41.4. The molecule has 0 aromatic carbocycles. The van der Waals surface area contributed by atoms with Crippen molar-refractivity contribution in [2.24, 2.45) is 5.73 Å². The molecule has 18 heavy (non-hydrogen) atoms.